The van der Waals surface area contributed by atoms with Crippen molar-refractivity contribution in [3.8, 4) is 11.5 Å². The molecule has 0 aromatic heterocycles. The first-order chi connectivity index (χ1) is 20.4. The molecule has 0 unspecified atom stereocenters. The summed E-state index contributed by atoms with van der Waals surface area (Å²) in [5.41, 5.74) is 2.95. The number of ether oxygens (including phenoxy) is 3. The Morgan fingerprint density at radius 1 is 0.929 bits per heavy atom. The highest BCUT2D eigenvalue weighted by atomic mass is 32.2. The van der Waals surface area contributed by atoms with Crippen molar-refractivity contribution in [3.05, 3.63) is 123 Å². The number of amides is 1. The third-order valence-electron chi connectivity index (χ3n) is 6.57. The first kappa shape index (κ1) is 28.7. The Hall–Kier alpha value is -4.82. The van der Waals surface area contributed by atoms with Crippen LogP contribution in [0.5, 0.6) is 11.5 Å². The number of aliphatic hydroxyl groups excluding tert-OH is 1. The number of rotatable bonds is 8. The number of benzene rings is 4. The Morgan fingerprint density at radius 3 is 2.43 bits per heavy atom. The molecule has 4 aromatic rings. The molecule has 0 atom stereocenters. The van der Waals surface area contributed by atoms with Crippen LogP contribution in [-0.2, 0) is 16.1 Å². The number of hydrogen-bond donors (Lipinski definition) is 1. The molecule has 0 fully saturated rings. The smallest absolute Gasteiger partial charge is 0.344 e. The van der Waals surface area contributed by atoms with E-state index in [2.05, 4.69) is 29.3 Å². The van der Waals surface area contributed by atoms with E-state index in [1.807, 2.05) is 43.3 Å². The highest BCUT2D eigenvalue weighted by Crippen LogP contribution is 2.40. The van der Waals surface area contributed by atoms with Crippen molar-refractivity contribution in [2.75, 3.05) is 13.7 Å². The number of carbonyl (C=O) groups excluding carboxylic acids is 2. The van der Waals surface area contributed by atoms with Crippen LogP contribution in [0, 0.1) is 6.92 Å². The quantitative estimate of drug-likeness (QED) is 0.217. The van der Waals surface area contributed by atoms with E-state index in [-0.39, 0.29) is 23.0 Å². The minimum Gasteiger partial charge on any atom is -0.506 e. The number of carbonyl (C=O) groups is 2. The molecule has 1 aliphatic rings. The van der Waals surface area contributed by atoms with Gasteiger partial charge in [-0.1, -0.05) is 71.9 Å². The average molecular weight is 580 g/mol. The molecule has 0 bridgehead atoms. The van der Waals surface area contributed by atoms with Gasteiger partial charge in [0.1, 0.15) is 23.0 Å². The topological polar surface area (TPSA) is 94.4 Å². The van der Waals surface area contributed by atoms with Gasteiger partial charge in [0.25, 0.3) is 5.91 Å². The SMILES string of the molecule is CCOC(=O)C1=C(O)/C(=C/c2ccc(OCc3ccc4ccccc4c3)c(OC)c2)SC1=NC(=O)c1ccc(C)cc1. The van der Waals surface area contributed by atoms with Crippen LogP contribution in [-0.4, -0.2) is 35.7 Å². The molecule has 1 heterocycles. The molecule has 1 amide bonds. The number of thioether (sulfide) groups is 1. The highest BCUT2D eigenvalue weighted by Gasteiger charge is 2.34. The fourth-order valence-corrected chi connectivity index (χ4v) is 5.39. The number of aliphatic imine (C=N–C) groups is 1. The van der Waals surface area contributed by atoms with Gasteiger partial charge in [-0.2, -0.15) is 0 Å². The van der Waals surface area contributed by atoms with Crippen molar-refractivity contribution >= 4 is 45.5 Å². The van der Waals surface area contributed by atoms with E-state index in [9.17, 15) is 14.7 Å². The Labute approximate surface area is 248 Å². The van der Waals surface area contributed by atoms with Crippen molar-refractivity contribution < 1.29 is 28.9 Å². The first-order valence-corrected chi connectivity index (χ1v) is 14.2. The summed E-state index contributed by atoms with van der Waals surface area (Å²) in [5, 5.41) is 13.4. The van der Waals surface area contributed by atoms with Crippen molar-refractivity contribution in [1.82, 2.24) is 0 Å². The number of esters is 1. The fourth-order valence-electron chi connectivity index (χ4n) is 4.38. The summed E-state index contributed by atoms with van der Waals surface area (Å²) in [7, 11) is 1.55. The van der Waals surface area contributed by atoms with Crippen LogP contribution < -0.4 is 9.47 Å². The van der Waals surface area contributed by atoms with E-state index in [1.165, 1.54) is 0 Å². The van der Waals surface area contributed by atoms with E-state index in [0.717, 1.165) is 33.7 Å². The lowest BCUT2D eigenvalue weighted by Crippen LogP contribution is -2.14. The molecule has 212 valence electrons. The van der Waals surface area contributed by atoms with Gasteiger partial charge in [0.2, 0.25) is 0 Å². The van der Waals surface area contributed by atoms with E-state index in [1.54, 1.807) is 44.4 Å². The predicted octanol–water partition coefficient (Wildman–Crippen LogP) is 7.44. The molecule has 8 heteroatoms. The molecule has 5 rings (SSSR count). The van der Waals surface area contributed by atoms with Crippen molar-refractivity contribution in [3.63, 3.8) is 0 Å². The highest BCUT2D eigenvalue weighted by molar-refractivity contribution is 8.18. The molecule has 0 aliphatic carbocycles. The van der Waals surface area contributed by atoms with Crippen molar-refractivity contribution in [1.29, 1.82) is 0 Å². The van der Waals surface area contributed by atoms with Crippen molar-refractivity contribution in [2.24, 2.45) is 4.99 Å². The number of fused-ring (bicyclic) bond motifs is 1. The molecular weight excluding hydrogens is 550 g/mol. The van der Waals surface area contributed by atoms with Gasteiger partial charge in [-0.05, 0) is 72.2 Å². The standard InChI is InChI=1S/C34H29NO6S/c1-4-40-34(38)30-31(36)29(42-33(30)35-32(37)25-13-9-21(2)10-14-25)19-22-12-16-27(28(18-22)39-3)41-20-23-11-15-24-7-5-6-8-26(24)17-23/h5-19,36H,4,20H2,1-3H3/b29-19-,35-33?. The Morgan fingerprint density at radius 2 is 1.69 bits per heavy atom. The summed E-state index contributed by atoms with van der Waals surface area (Å²) in [5.74, 6) is -0.515. The van der Waals surface area contributed by atoms with Gasteiger partial charge in [-0.25, -0.2) is 9.79 Å². The summed E-state index contributed by atoms with van der Waals surface area (Å²) in [4.78, 5) is 30.1. The number of aryl methyl sites for hydroxylation is 1. The zero-order valence-electron chi connectivity index (χ0n) is 23.4. The summed E-state index contributed by atoms with van der Waals surface area (Å²) in [6, 6.07) is 26.7. The van der Waals surface area contributed by atoms with Crippen LogP contribution in [0.25, 0.3) is 16.8 Å². The molecule has 42 heavy (non-hydrogen) atoms. The minimum absolute atomic E-state index is 0.0741. The van der Waals surface area contributed by atoms with Crippen LogP contribution in [0.3, 0.4) is 0 Å². The lowest BCUT2D eigenvalue weighted by atomic mass is 10.1. The Bertz CT molecular complexity index is 1750. The van der Waals surface area contributed by atoms with Gasteiger partial charge in [-0.15, -0.1) is 0 Å². The van der Waals surface area contributed by atoms with E-state index < -0.39 is 11.9 Å². The third kappa shape index (κ3) is 6.39. The second kappa shape index (κ2) is 12.8. The van der Waals surface area contributed by atoms with Gasteiger partial charge in [0.15, 0.2) is 11.5 Å². The summed E-state index contributed by atoms with van der Waals surface area (Å²) in [6.07, 6.45) is 1.69. The molecule has 7 nitrogen and oxygen atoms in total. The predicted molar refractivity (Wildman–Crippen MR) is 166 cm³/mol. The largest absolute Gasteiger partial charge is 0.506 e. The van der Waals surface area contributed by atoms with Crippen LogP contribution in [0.2, 0.25) is 0 Å². The van der Waals surface area contributed by atoms with Gasteiger partial charge < -0.3 is 19.3 Å². The van der Waals surface area contributed by atoms with Crippen LogP contribution in [0.1, 0.15) is 34.0 Å². The zero-order chi connectivity index (χ0) is 29.6. The Kier molecular flexibility index (Phi) is 8.74. The Balaban J connectivity index is 1.39. The zero-order valence-corrected chi connectivity index (χ0v) is 24.2. The van der Waals surface area contributed by atoms with E-state index in [0.29, 0.717) is 34.1 Å². The summed E-state index contributed by atoms with van der Waals surface area (Å²) in [6.45, 7) is 4.05. The monoisotopic (exact) mass is 579 g/mol. The molecule has 0 saturated carbocycles. The molecule has 0 saturated heterocycles. The molecular formula is C34H29NO6S. The van der Waals surface area contributed by atoms with Crippen LogP contribution in [0.15, 0.2) is 106 Å². The number of aliphatic hydroxyl groups is 1. The minimum atomic E-state index is -0.753. The van der Waals surface area contributed by atoms with Gasteiger partial charge in [-0.3, -0.25) is 4.79 Å². The summed E-state index contributed by atoms with van der Waals surface area (Å²) < 4.78 is 16.8. The lowest BCUT2D eigenvalue weighted by Gasteiger charge is -2.12. The second-order valence-corrected chi connectivity index (χ2v) is 10.6. The molecule has 4 aromatic carbocycles. The number of hydrogen-bond acceptors (Lipinski definition) is 7. The first-order valence-electron chi connectivity index (χ1n) is 13.3. The number of methoxy groups -OCH3 is 1. The van der Waals surface area contributed by atoms with Gasteiger partial charge in [0.05, 0.1) is 18.6 Å². The molecule has 1 N–H and O–H groups in total. The second-order valence-electron chi connectivity index (χ2n) is 9.52. The summed E-state index contributed by atoms with van der Waals surface area (Å²) >= 11 is 1.02. The molecule has 1 aliphatic heterocycles. The fraction of sp³-hybridized carbons (Fsp3) is 0.147. The lowest BCUT2D eigenvalue weighted by molar-refractivity contribution is -0.138. The maximum absolute atomic E-state index is 12.9. The molecule has 0 spiro atoms. The molecule has 0 radical (unpaired) electrons. The maximum Gasteiger partial charge on any atom is 0.344 e. The van der Waals surface area contributed by atoms with Crippen molar-refractivity contribution in [2.45, 2.75) is 20.5 Å². The average Bonchev–Trinajstić information content (AvgIpc) is 3.30. The van der Waals surface area contributed by atoms with Gasteiger partial charge >= 0.3 is 5.97 Å². The van der Waals surface area contributed by atoms with E-state index >= 15 is 0 Å². The maximum atomic E-state index is 12.9. The van der Waals surface area contributed by atoms with Crippen LogP contribution >= 0.6 is 11.8 Å². The van der Waals surface area contributed by atoms with Gasteiger partial charge in [0, 0.05) is 5.56 Å². The van der Waals surface area contributed by atoms with E-state index in [4.69, 9.17) is 14.2 Å². The van der Waals surface area contributed by atoms with Crippen LogP contribution in [0.4, 0.5) is 0 Å². The third-order valence-corrected chi connectivity index (χ3v) is 7.59. The normalized spacial score (nSPS) is 14.9. The number of nitrogens with zero attached hydrogens (tertiary/aromatic N) is 1.